The molecule has 210 valence electrons. The third kappa shape index (κ3) is 7.32. The van der Waals surface area contributed by atoms with Crippen LogP contribution in [0.4, 0.5) is 20.7 Å². The number of carbonyl (C=O) groups excluding carboxylic acids is 1. The van der Waals surface area contributed by atoms with Crippen molar-refractivity contribution in [2.45, 2.75) is 39.5 Å². The summed E-state index contributed by atoms with van der Waals surface area (Å²) in [5, 5.41) is 7.16. The number of hydrogen-bond donors (Lipinski definition) is 2. The number of benzene rings is 3. The van der Waals surface area contributed by atoms with Crippen LogP contribution in [0.3, 0.4) is 0 Å². The highest BCUT2D eigenvalue weighted by Crippen LogP contribution is 2.33. The van der Waals surface area contributed by atoms with Crippen molar-refractivity contribution in [1.29, 1.82) is 0 Å². The largest absolute Gasteiger partial charge is 0.487 e. The van der Waals surface area contributed by atoms with Crippen molar-refractivity contribution in [3.05, 3.63) is 101 Å². The van der Waals surface area contributed by atoms with Crippen LogP contribution in [0.15, 0.2) is 83.5 Å². The van der Waals surface area contributed by atoms with E-state index < -0.39 is 11.7 Å². The Morgan fingerprint density at radius 1 is 1.02 bits per heavy atom. The Labute approximate surface area is 241 Å². The van der Waals surface area contributed by atoms with Crippen molar-refractivity contribution < 1.29 is 23.1 Å². The Hall–Kier alpha value is -4.63. The quantitative estimate of drug-likeness (QED) is 0.193. The zero-order chi connectivity index (χ0) is 29.0. The summed E-state index contributed by atoms with van der Waals surface area (Å²) in [6.45, 7) is 5.80. The lowest BCUT2D eigenvalue weighted by molar-refractivity contribution is 0.0520. The molecule has 5 rings (SSSR count). The topological polar surface area (TPSA) is 98.5 Å². The fourth-order valence-electron chi connectivity index (χ4n) is 4.03. The van der Waals surface area contributed by atoms with Crippen LogP contribution in [0.25, 0.3) is 22.2 Å². The second-order valence-corrected chi connectivity index (χ2v) is 10.7. The van der Waals surface area contributed by atoms with E-state index in [0.29, 0.717) is 39.4 Å². The van der Waals surface area contributed by atoms with E-state index in [-0.39, 0.29) is 19.0 Å². The number of halogens is 2. The molecule has 0 spiro atoms. The average Bonchev–Trinajstić information content (AvgIpc) is 3.40. The fourth-order valence-corrected chi connectivity index (χ4v) is 4.27. The highest BCUT2D eigenvalue weighted by Gasteiger charge is 2.16. The highest BCUT2D eigenvalue weighted by molar-refractivity contribution is 6.32. The lowest BCUT2D eigenvalue weighted by atomic mass is 10.1. The molecular formula is C31H28ClFN4O4. The normalized spacial score (nSPS) is 11.3. The van der Waals surface area contributed by atoms with Crippen molar-refractivity contribution in [3.63, 3.8) is 0 Å². The summed E-state index contributed by atoms with van der Waals surface area (Å²) in [6, 6.07) is 20.9. The molecule has 0 aliphatic carbocycles. The molecular weight excluding hydrogens is 547 g/mol. The first kappa shape index (κ1) is 27.9. The van der Waals surface area contributed by atoms with Crippen molar-refractivity contribution >= 4 is 40.1 Å². The third-order valence-electron chi connectivity index (χ3n) is 5.87. The summed E-state index contributed by atoms with van der Waals surface area (Å²) in [5.74, 6) is 1.96. The monoisotopic (exact) mass is 574 g/mol. The van der Waals surface area contributed by atoms with Gasteiger partial charge in [-0.15, -0.1) is 0 Å². The second-order valence-electron chi connectivity index (χ2n) is 10.3. The molecule has 0 unspecified atom stereocenters. The first-order valence-electron chi connectivity index (χ1n) is 12.9. The van der Waals surface area contributed by atoms with Gasteiger partial charge in [-0.25, -0.2) is 19.2 Å². The van der Waals surface area contributed by atoms with E-state index in [1.807, 2.05) is 30.3 Å². The number of amides is 1. The van der Waals surface area contributed by atoms with Gasteiger partial charge in [0.05, 0.1) is 17.1 Å². The Morgan fingerprint density at radius 3 is 2.66 bits per heavy atom. The van der Waals surface area contributed by atoms with E-state index >= 15 is 0 Å². The second kappa shape index (κ2) is 11.9. The molecule has 0 radical (unpaired) electrons. The maximum Gasteiger partial charge on any atom is 0.408 e. The molecule has 0 aliphatic rings. The zero-order valence-corrected chi connectivity index (χ0v) is 23.5. The number of alkyl carbamates (subject to hydrolysis) is 1. The van der Waals surface area contributed by atoms with Crippen LogP contribution in [0.2, 0.25) is 5.02 Å². The molecule has 0 bridgehead atoms. The molecule has 0 atom stereocenters. The number of ether oxygens (including phenoxy) is 2. The van der Waals surface area contributed by atoms with Crippen molar-refractivity contribution in [3.8, 4) is 17.1 Å². The van der Waals surface area contributed by atoms with Crippen molar-refractivity contribution in [2.24, 2.45) is 0 Å². The number of carbonyl (C=O) groups is 1. The van der Waals surface area contributed by atoms with Crippen molar-refractivity contribution in [1.82, 2.24) is 15.3 Å². The minimum atomic E-state index is -0.581. The number of rotatable bonds is 8. The number of nitrogens with zero attached hydrogens (tertiary/aromatic N) is 2. The summed E-state index contributed by atoms with van der Waals surface area (Å²) in [5.41, 5.74) is 2.38. The number of fused-ring (bicyclic) bond motifs is 1. The van der Waals surface area contributed by atoms with Crippen LogP contribution in [0, 0.1) is 5.82 Å². The van der Waals surface area contributed by atoms with Gasteiger partial charge in [-0.05, 0) is 87.0 Å². The molecule has 0 saturated heterocycles. The maximum absolute atomic E-state index is 13.4. The molecule has 2 aromatic heterocycles. The van der Waals surface area contributed by atoms with E-state index in [1.165, 1.54) is 18.5 Å². The van der Waals surface area contributed by atoms with Crippen LogP contribution in [0.5, 0.6) is 5.75 Å². The SMILES string of the molecule is CC(C)(C)OC(=O)NCc1ccc(-c2ccc3ncnc(Nc4ccc(OCc5cccc(F)c5)c(Cl)c4)c3c2)o1. The number of aromatic nitrogens is 2. The van der Waals surface area contributed by atoms with Gasteiger partial charge in [0.1, 0.15) is 47.4 Å². The lowest BCUT2D eigenvalue weighted by Gasteiger charge is -2.19. The number of furan rings is 1. The van der Waals surface area contributed by atoms with E-state index in [9.17, 15) is 9.18 Å². The van der Waals surface area contributed by atoms with Gasteiger partial charge in [0.15, 0.2) is 0 Å². The predicted octanol–water partition coefficient (Wildman–Crippen LogP) is 8.03. The van der Waals surface area contributed by atoms with Gasteiger partial charge in [0, 0.05) is 16.6 Å². The molecule has 0 aliphatic heterocycles. The summed E-state index contributed by atoms with van der Waals surface area (Å²) in [4.78, 5) is 20.8. The third-order valence-corrected chi connectivity index (χ3v) is 6.16. The minimum absolute atomic E-state index is 0.190. The molecule has 2 N–H and O–H groups in total. The van der Waals surface area contributed by atoms with Gasteiger partial charge < -0.3 is 24.5 Å². The van der Waals surface area contributed by atoms with E-state index in [0.717, 1.165) is 16.5 Å². The van der Waals surface area contributed by atoms with Crippen LogP contribution in [-0.2, 0) is 17.9 Å². The first-order valence-corrected chi connectivity index (χ1v) is 13.3. The Kier molecular flexibility index (Phi) is 8.07. The van der Waals surface area contributed by atoms with Crippen LogP contribution >= 0.6 is 11.6 Å². The fraction of sp³-hybridized carbons (Fsp3) is 0.194. The first-order chi connectivity index (χ1) is 19.6. The minimum Gasteiger partial charge on any atom is -0.487 e. The molecule has 41 heavy (non-hydrogen) atoms. The maximum atomic E-state index is 13.4. The zero-order valence-electron chi connectivity index (χ0n) is 22.7. The van der Waals surface area contributed by atoms with Crippen LogP contribution < -0.4 is 15.4 Å². The smallest absolute Gasteiger partial charge is 0.408 e. The molecule has 3 aromatic carbocycles. The summed E-state index contributed by atoms with van der Waals surface area (Å²) in [7, 11) is 0. The number of hydrogen-bond acceptors (Lipinski definition) is 7. The summed E-state index contributed by atoms with van der Waals surface area (Å²) < 4.78 is 30.5. The molecule has 1 amide bonds. The molecule has 0 saturated carbocycles. The average molecular weight is 575 g/mol. The molecule has 8 nitrogen and oxygen atoms in total. The molecule has 5 aromatic rings. The molecule has 2 heterocycles. The molecule has 10 heteroatoms. The summed E-state index contributed by atoms with van der Waals surface area (Å²) >= 11 is 6.48. The van der Waals surface area contributed by atoms with Gasteiger partial charge in [0.2, 0.25) is 0 Å². The van der Waals surface area contributed by atoms with E-state index in [4.69, 9.17) is 25.5 Å². The Balaban J connectivity index is 1.29. The lowest BCUT2D eigenvalue weighted by Crippen LogP contribution is -2.32. The highest BCUT2D eigenvalue weighted by atomic mass is 35.5. The molecule has 0 fully saturated rings. The van der Waals surface area contributed by atoms with Gasteiger partial charge in [-0.1, -0.05) is 23.7 Å². The van der Waals surface area contributed by atoms with Gasteiger partial charge in [-0.3, -0.25) is 0 Å². The predicted molar refractivity (Wildman–Crippen MR) is 156 cm³/mol. The Bertz CT molecular complexity index is 1700. The van der Waals surface area contributed by atoms with E-state index in [2.05, 4.69) is 20.6 Å². The van der Waals surface area contributed by atoms with Gasteiger partial charge in [0.25, 0.3) is 0 Å². The van der Waals surface area contributed by atoms with E-state index in [1.54, 1.807) is 51.1 Å². The Morgan fingerprint density at radius 2 is 1.88 bits per heavy atom. The van der Waals surface area contributed by atoms with Gasteiger partial charge >= 0.3 is 6.09 Å². The standard InChI is InChI=1S/C31H28ClFN4O4/c1-31(2,3)41-30(38)34-16-23-9-12-27(40-23)20-7-10-26-24(14-20)29(36-18-35-26)37-22-8-11-28(25(32)15-22)39-17-19-5-4-6-21(33)13-19/h4-15,18H,16-17H2,1-3H3,(H,34,38)(H,35,36,37). The van der Waals surface area contributed by atoms with Gasteiger partial charge in [-0.2, -0.15) is 0 Å². The van der Waals surface area contributed by atoms with Crippen LogP contribution in [0.1, 0.15) is 32.1 Å². The number of nitrogens with one attached hydrogen (secondary N) is 2. The number of anilines is 2. The van der Waals surface area contributed by atoms with Crippen molar-refractivity contribution in [2.75, 3.05) is 5.32 Å². The summed E-state index contributed by atoms with van der Waals surface area (Å²) in [6.07, 6.45) is 0.968. The van der Waals surface area contributed by atoms with Crippen LogP contribution in [-0.4, -0.2) is 21.7 Å².